The number of piperazine rings is 1. The monoisotopic (exact) mass is 419 g/mol. The molecule has 4 rings (SSSR count). The Hall–Kier alpha value is -2.48. The quantitative estimate of drug-likeness (QED) is 0.660. The van der Waals surface area contributed by atoms with Crippen LogP contribution in [0.15, 0.2) is 42.6 Å². The normalized spacial score (nSPS) is 14.3. The summed E-state index contributed by atoms with van der Waals surface area (Å²) in [6.45, 7) is 2.72. The molecule has 1 aliphatic heterocycles. The molecule has 1 N–H and O–H groups in total. The van der Waals surface area contributed by atoms with Crippen molar-refractivity contribution in [2.75, 3.05) is 26.2 Å². The van der Waals surface area contributed by atoms with Crippen molar-refractivity contribution in [3.63, 3.8) is 0 Å². The number of benzene rings is 1. The molecule has 0 spiro atoms. The third-order valence-electron chi connectivity index (χ3n) is 4.50. The van der Waals surface area contributed by atoms with Crippen LogP contribution in [0.1, 0.15) is 10.5 Å². The summed E-state index contributed by atoms with van der Waals surface area (Å²) < 4.78 is 15.2. The van der Waals surface area contributed by atoms with Gasteiger partial charge in [0, 0.05) is 37.9 Å². The predicted octanol–water partition coefficient (Wildman–Crippen LogP) is 3.43. The van der Waals surface area contributed by atoms with Crippen molar-refractivity contribution in [3.05, 3.63) is 64.3 Å². The first kappa shape index (κ1) is 18.9. The Morgan fingerprint density at radius 1 is 1.11 bits per heavy atom. The van der Waals surface area contributed by atoms with Gasteiger partial charge >= 0.3 is 0 Å². The minimum Gasteiger partial charge on any atom is -0.335 e. The minimum absolute atomic E-state index is 0.0262. The van der Waals surface area contributed by atoms with Crippen molar-refractivity contribution in [1.82, 2.24) is 25.0 Å². The Kier molecular flexibility index (Phi) is 5.30. The van der Waals surface area contributed by atoms with Crippen molar-refractivity contribution in [3.8, 4) is 16.9 Å². The van der Waals surface area contributed by atoms with Gasteiger partial charge in [0.25, 0.3) is 5.91 Å². The fourth-order valence-electron chi connectivity index (χ4n) is 3.10. The van der Waals surface area contributed by atoms with Crippen molar-refractivity contribution in [2.24, 2.45) is 0 Å². The van der Waals surface area contributed by atoms with Crippen molar-refractivity contribution >= 4 is 29.1 Å². The average molecular weight is 420 g/mol. The number of nitrogens with zero attached hydrogens (tertiary/aromatic N) is 4. The number of carbonyl (C=O) groups is 1. The average Bonchev–Trinajstić information content (AvgIpc) is 3.15. The van der Waals surface area contributed by atoms with Crippen LogP contribution in [-0.2, 0) is 0 Å². The summed E-state index contributed by atoms with van der Waals surface area (Å²) in [5, 5.41) is 8.00. The molecule has 144 valence electrons. The number of aromatic nitrogens is 3. The topological polar surface area (TPSA) is 63.1 Å². The molecule has 0 atom stereocenters. The largest absolute Gasteiger partial charge is 0.335 e. The van der Waals surface area contributed by atoms with Gasteiger partial charge in [-0.2, -0.15) is 5.10 Å². The molecule has 9 heteroatoms. The molecule has 6 nitrogen and oxygen atoms in total. The second-order valence-electron chi connectivity index (χ2n) is 6.33. The molecule has 3 heterocycles. The van der Waals surface area contributed by atoms with Crippen LogP contribution in [-0.4, -0.2) is 51.8 Å². The SMILES string of the molecule is O=C(c1cc(-c2ccnc(Cl)c2)n(-c2ccc(F)c(Cl)c2)n1)N1CCNCC1. The second kappa shape index (κ2) is 7.87. The summed E-state index contributed by atoms with van der Waals surface area (Å²) >= 11 is 12.0. The molecule has 0 saturated carbocycles. The number of hydrogen-bond donors (Lipinski definition) is 1. The maximum atomic E-state index is 13.6. The summed E-state index contributed by atoms with van der Waals surface area (Å²) in [5.74, 6) is -0.682. The highest BCUT2D eigenvalue weighted by molar-refractivity contribution is 6.31. The van der Waals surface area contributed by atoms with Crippen molar-refractivity contribution in [2.45, 2.75) is 0 Å². The van der Waals surface area contributed by atoms with E-state index in [1.807, 2.05) is 0 Å². The first-order valence-corrected chi connectivity index (χ1v) is 9.46. The molecule has 1 saturated heterocycles. The first-order chi connectivity index (χ1) is 13.5. The lowest BCUT2D eigenvalue weighted by molar-refractivity contribution is 0.0729. The van der Waals surface area contributed by atoms with Crippen LogP contribution >= 0.6 is 23.2 Å². The van der Waals surface area contributed by atoms with Gasteiger partial charge in [-0.25, -0.2) is 14.1 Å². The number of halogens is 3. The molecule has 28 heavy (non-hydrogen) atoms. The lowest BCUT2D eigenvalue weighted by atomic mass is 10.1. The lowest BCUT2D eigenvalue weighted by Gasteiger charge is -2.26. The van der Waals surface area contributed by atoms with E-state index < -0.39 is 5.82 Å². The van der Waals surface area contributed by atoms with Gasteiger partial charge in [0.1, 0.15) is 11.0 Å². The summed E-state index contributed by atoms with van der Waals surface area (Å²) in [6, 6.07) is 9.44. The van der Waals surface area contributed by atoms with Crippen LogP contribution in [0.5, 0.6) is 0 Å². The number of nitrogens with one attached hydrogen (secondary N) is 1. The molecule has 1 fully saturated rings. The molecule has 1 amide bonds. The molecule has 0 radical (unpaired) electrons. The Morgan fingerprint density at radius 2 is 1.89 bits per heavy atom. The zero-order valence-corrected chi connectivity index (χ0v) is 16.2. The minimum atomic E-state index is -0.525. The molecule has 1 aromatic carbocycles. The van der Waals surface area contributed by atoms with Gasteiger partial charge in [0.15, 0.2) is 5.69 Å². The molecule has 0 bridgehead atoms. The van der Waals surface area contributed by atoms with E-state index in [2.05, 4.69) is 15.4 Å². The van der Waals surface area contributed by atoms with Gasteiger partial charge in [-0.1, -0.05) is 23.2 Å². The lowest BCUT2D eigenvalue weighted by Crippen LogP contribution is -2.46. The molecule has 1 aliphatic rings. The number of amides is 1. The second-order valence-corrected chi connectivity index (χ2v) is 7.13. The van der Waals surface area contributed by atoms with Gasteiger partial charge in [-0.15, -0.1) is 0 Å². The van der Waals surface area contributed by atoms with Gasteiger partial charge in [0.2, 0.25) is 0 Å². The van der Waals surface area contributed by atoms with Crippen molar-refractivity contribution < 1.29 is 9.18 Å². The van der Waals surface area contributed by atoms with E-state index in [1.165, 1.54) is 12.1 Å². The maximum Gasteiger partial charge on any atom is 0.274 e. The third-order valence-corrected chi connectivity index (χ3v) is 5.00. The standard InChI is InChI=1S/C19H16Cl2FN5O/c20-14-10-13(1-2-15(14)22)27-17(12-3-4-24-18(21)9-12)11-16(25-27)19(28)26-7-5-23-6-8-26/h1-4,9-11,23H,5-8H2. The maximum absolute atomic E-state index is 13.6. The van der Waals surface area contributed by atoms with E-state index >= 15 is 0 Å². The summed E-state index contributed by atoms with van der Waals surface area (Å²) in [5.41, 5.74) is 2.19. The fraction of sp³-hybridized carbons (Fsp3) is 0.211. The van der Waals surface area contributed by atoms with Crippen LogP contribution in [0, 0.1) is 5.82 Å². The van der Waals surface area contributed by atoms with E-state index in [0.29, 0.717) is 35.3 Å². The smallest absolute Gasteiger partial charge is 0.274 e. The van der Waals surface area contributed by atoms with Gasteiger partial charge in [-0.3, -0.25) is 4.79 Å². The number of pyridine rings is 1. The van der Waals surface area contributed by atoms with Gasteiger partial charge < -0.3 is 10.2 Å². The highest BCUT2D eigenvalue weighted by Gasteiger charge is 2.23. The Balaban J connectivity index is 1.81. The summed E-state index contributed by atoms with van der Waals surface area (Å²) in [4.78, 5) is 18.7. The van der Waals surface area contributed by atoms with E-state index in [4.69, 9.17) is 23.2 Å². The highest BCUT2D eigenvalue weighted by Crippen LogP contribution is 2.28. The highest BCUT2D eigenvalue weighted by atomic mass is 35.5. The molecular formula is C19H16Cl2FN5O. The third kappa shape index (κ3) is 3.73. The van der Waals surface area contributed by atoms with Gasteiger partial charge in [-0.05, 0) is 36.4 Å². The molecule has 0 aliphatic carbocycles. The van der Waals surface area contributed by atoms with Crippen LogP contribution in [0.3, 0.4) is 0 Å². The van der Waals surface area contributed by atoms with Gasteiger partial charge in [0.05, 0.1) is 16.4 Å². The number of carbonyl (C=O) groups excluding carboxylic acids is 1. The zero-order chi connectivity index (χ0) is 19.7. The number of hydrogen-bond acceptors (Lipinski definition) is 4. The molecule has 0 unspecified atom stereocenters. The Bertz CT molecular complexity index is 1030. The van der Waals surface area contributed by atoms with Crippen molar-refractivity contribution in [1.29, 1.82) is 0 Å². The van der Waals surface area contributed by atoms with Crippen LogP contribution in [0.4, 0.5) is 4.39 Å². The molecule has 3 aromatic rings. The van der Waals surface area contributed by atoms with E-state index in [-0.39, 0.29) is 10.9 Å². The Morgan fingerprint density at radius 3 is 2.61 bits per heavy atom. The van der Waals surface area contributed by atoms with Crippen LogP contribution in [0.2, 0.25) is 10.2 Å². The molecular weight excluding hydrogens is 404 g/mol. The van der Waals surface area contributed by atoms with E-state index in [1.54, 1.807) is 40.0 Å². The Labute approximate surface area is 170 Å². The first-order valence-electron chi connectivity index (χ1n) is 8.70. The summed E-state index contributed by atoms with van der Waals surface area (Å²) in [7, 11) is 0. The van der Waals surface area contributed by atoms with E-state index in [9.17, 15) is 9.18 Å². The molecule has 2 aromatic heterocycles. The fourth-order valence-corrected chi connectivity index (χ4v) is 3.45. The summed E-state index contributed by atoms with van der Waals surface area (Å²) in [6.07, 6.45) is 1.57. The van der Waals surface area contributed by atoms with E-state index in [0.717, 1.165) is 18.7 Å². The number of rotatable bonds is 3. The van der Waals surface area contributed by atoms with Crippen LogP contribution in [0.25, 0.3) is 16.9 Å². The zero-order valence-electron chi connectivity index (χ0n) is 14.7. The van der Waals surface area contributed by atoms with Crippen LogP contribution < -0.4 is 5.32 Å². The predicted molar refractivity (Wildman–Crippen MR) is 106 cm³/mol.